The number of para-hydroxylation sites is 2. The van der Waals surface area contributed by atoms with Crippen molar-refractivity contribution in [1.29, 1.82) is 0 Å². The molecule has 1 aromatic heterocycles. The van der Waals surface area contributed by atoms with E-state index < -0.39 is 0 Å². The molecular formula is C19H20N2O2. The van der Waals surface area contributed by atoms with Crippen molar-refractivity contribution in [3.63, 3.8) is 0 Å². The van der Waals surface area contributed by atoms with Crippen LogP contribution in [0, 0.1) is 0 Å². The fourth-order valence-corrected chi connectivity index (χ4v) is 2.96. The molecule has 23 heavy (non-hydrogen) atoms. The summed E-state index contributed by atoms with van der Waals surface area (Å²) in [5.74, 6) is 0.661. The molecule has 4 heteroatoms. The number of nitrogens with one attached hydrogen (secondary N) is 1. The van der Waals surface area contributed by atoms with E-state index in [0.29, 0.717) is 18.5 Å². The summed E-state index contributed by atoms with van der Waals surface area (Å²) in [6, 6.07) is 16.6. The van der Waals surface area contributed by atoms with Crippen molar-refractivity contribution in [2.45, 2.75) is 25.5 Å². The van der Waals surface area contributed by atoms with Crippen LogP contribution in [0.2, 0.25) is 0 Å². The van der Waals surface area contributed by atoms with E-state index in [1.807, 2.05) is 36.4 Å². The molecule has 0 aliphatic carbocycles. The average Bonchev–Trinajstić information content (AvgIpc) is 3.24. The molecule has 3 aromatic rings. The maximum absolute atomic E-state index is 5.80. The second-order valence-electron chi connectivity index (χ2n) is 5.99. The Morgan fingerprint density at radius 1 is 1.13 bits per heavy atom. The van der Waals surface area contributed by atoms with E-state index in [-0.39, 0.29) is 0 Å². The van der Waals surface area contributed by atoms with Crippen LogP contribution < -0.4 is 5.32 Å². The van der Waals surface area contributed by atoms with Gasteiger partial charge in [0.05, 0.1) is 13.2 Å². The lowest BCUT2D eigenvalue weighted by Crippen LogP contribution is -2.26. The number of hydrogen-bond acceptors (Lipinski definition) is 4. The van der Waals surface area contributed by atoms with Gasteiger partial charge in [-0.05, 0) is 49.2 Å². The largest absolute Gasteiger partial charge is 0.436 e. The predicted molar refractivity (Wildman–Crippen MR) is 90.1 cm³/mol. The van der Waals surface area contributed by atoms with Crippen LogP contribution in [0.1, 0.15) is 18.4 Å². The highest BCUT2D eigenvalue weighted by atomic mass is 16.5. The minimum absolute atomic E-state index is 0.522. The molecular weight excluding hydrogens is 288 g/mol. The third-order valence-corrected chi connectivity index (χ3v) is 4.24. The van der Waals surface area contributed by atoms with Crippen LogP contribution >= 0.6 is 0 Å². The Bertz CT molecular complexity index is 740. The number of hydrogen-bond donors (Lipinski definition) is 1. The number of ether oxygens (including phenoxy) is 1. The summed E-state index contributed by atoms with van der Waals surface area (Å²) in [5.41, 5.74) is 3.86. The van der Waals surface area contributed by atoms with Gasteiger partial charge in [-0.1, -0.05) is 24.3 Å². The highest BCUT2D eigenvalue weighted by Crippen LogP contribution is 2.24. The van der Waals surface area contributed by atoms with Gasteiger partial charge in [-0.2, -0.15) is 0 Å². The summed E-state index contributed by atoms with van der Waals surface area (Å²) < 4.78 is 11.6. The molecule has 0 radical (unpaired) electrons. The highest BCUT2D eigenvalue weighted by molar-refractivity contribution is 5.75. The van der Waals surface area contributed by atoms with Gasteiger partial charge in [-0.25, -0.2) is 4.98 Å². The third-order valence-electron chi connectivity index (χ3n) is 4.24. The van der Waals surface area contributed by atoms with Gasteiger partial charge < -0.3 is 14.5 Å². The minimum atomic E-state index is 0.522. The average molecular weight is 308 g/mol. The van der Waals surface area contributed by atoms with E-state index in [2.05, 4.69) is 22.4 Å². The Hall–Kier alpha value is -2.17. The Kier molecular flexibility index (Phi) is 4.09. The molecule has 1 unspecified atom stereocenters. The summed E-state index contributed by atoms with van der Waals surface area (Å²) in [6.45, 7) is 2.55. The molecule has 0 amide bonds. The van der Waals surface area contributed by atoms with Crippen LogP contribution in [0.3, 0.4) is 0 Å². The lowest BCUT2D eigenvalue weighted by atomic mass is 10.1. The zero-order valence-corrected chi connectivity index (χ0v) is 13.0. The first-order chi connectivity index (χ1) is 11.4. The number of nitrogens with zero attached hydrogens (tertiary/aromatic N) is 1. The van der Waals surface area contributed by atoms with Gasteiger partial charge in [0.15, 0.2) is 5.58 Å². The van der Waals surface area contributed by atoms with E-state index in [4.69, 9.17) is 9.15 Å². The lowest BCUT2D eigenvalue weighted by Gasteiger charge is -2.10. The summed E-state index contributed by atoms with van der Waals surface area (Å²) in [4.78, 5) is 4.52. The first-order valence-electron chi connectivity index (χ1n) is 8.14. The number of aromatic nitrogens is 1. The van der Waals surface area contributed by atoms with Gasteiger partial charge in [0.1, 0.15) is 5.52 Å². The molecule has 0 spiro atoms. The Morgan fingerprint density at radius 2 is 2.00 bits per heavy atom. The van der Waals surface area contributed by atoms with Crippen molar-refractivity contribution in [3.8, 4) is 11.5 Å². The van der Waals surface area contributed by atoms with E-state index in [1.54, 1.807) is 0 Å². The lowest BCUT2D eigenvalue weighted by molar-refractivity contribution is 0.103. The summed E-state index contributed by atoms with van der Waals surface area (Å²) in [5, 5.41) is 3.44. The van der Waals surface area contributed by atoms with Gasteiger partial charge in [0, 0.05) is 11.6 Å². The van der Waals surface area contributed by atoms with E-state index in [0.717, 1.165) is 29.8 Å². The molecule has 1 aliphatic rings. The van der Waals surface area contributed by atoms with Gasteiger partial charge in [0.2, 0.25) is 5.89 Å². The van der Waals surface area contributed by atoms with Gasteiger partial charge in [0.25, 0.3) is 0 Å². The summed E-state index contributed by atoms with van der Waals surface area (Å²) in [7, 11) is 0. The van der Waals surface area contributed by atoms with Gasteiger partial charge >= 0.3 is 0 Å². The Balaban J connectivity index is 1.40. The van der Waals surface area contributed by atoms with Crippen LogP contribution in [0.4, 0.5) is 0 Å². The topological polar surface area (TPSA) is 47.3 Å². The summed E-state index contributed by atoms with van der Waals surface area (Å²) in [6.07, 6.45) is 2.48. The molecule has 4 rings (SSSR count). The van der Waals surface area contributed by atoms with Crippen molar-refractivity contribution < 1.29 is 9.15 Å². The second-order valence-corrected chi connectivity index (χ2v) is 5.99. The molecule has 0 bridgehead atoms. The van der Waals surface area contributed by atoms with E-state index in [1.165, 1.54) is 18.4 Å². The molecule has 1 atom stereocenters. The molecule has 1 aliphatic heterocycles. The monoisotopic (exact) mass is 308 g/mol. The van der Waals surface area contributed by atoms with Crippen molar-refractivity contribution >= 4 is 11.1 Å². The van der Waals surface area contributed by atoms with Crippen LogP contribution in [0.5, 0.6) is 0 Å². The maximum Gasteiger partial charge on any atom is 0.227 e. The smallest absolute Gasteiger partial charge is 0.227 e. The first kappa shape index (κ1) is 14.4. The quantitative estimate of drug-likeness (QED) is 0.779. The van der Waals surface area contributed by atoms with E-state index >= 15 is 0 Å². The van der Waals surface area contributed by atoms with Crippen LogP contribution in [0.25, 0.3) is 22.6 Å². The van der Waals surface area contributed by atoms with Crippen molar-refractivity contribution in [2.24, 2.45) is 0 Å². The number of rotatable bonds is 5. The SMILES string of the molecule is c1ccc2oc(-c3ccc(COCC4CCCN4)cc3)nc2c1. The molecule has 4 nitrogen and oxygen atoms in total. The van der Waals surface area contributed by atoms with E-state index in [9.17, 15) is 0 Å². The standard InChI is InChI=1S/C19H20N2O2/c1-2-6-18-17(5-1)21-19(23-18)15-9-7-14(8-10-15)12-22-13-16-4-3-11-20-16/h1-2,5-10,16,20H,3-4,11-13H2. The number of benzene rings is 2. The molecule has 1 fully saturated rings. The van der Waals surface area contributed by atoms with Crippen LogP contribution in [-0.2, 0) is 11.3 Å². The molecule has 1 N–H and O–H groups in total. The van der Waals surface area contributed by atoms with Crippen LogP contribution in [0.15, 0.2) is 52.9 Å². The van der Waals surface area contributed by atoms with Crippen molar-refractivity contribution in [1.82, 2.24) is 10.3 Å². The summed E-state index contributed by atoms with van der Waals surface area (Å²) >= 11 is 0. The Morgan fingerprint density at radius 3 is 2.78 bits per heavy atom. The number of fused-ring (bicyclic) bond motifs is 1. The Labute approximate surface area is 135 Å². The predicted octanol–water partition coefficient (Wildman–Crippen LogP) is 3.76. The van der Waals surface area contributed by atoms with Crippen molar-refractivity contribution in [3.05, 3.63) is 54.1 Å². The molecule has 1 saturated heterocycles. The maximum atomic E-state index is 5.80. The van der Waals surface area contributed by atoms with Crippen molar-refractivity contribution in [2.75, 3.05) is 13.2 Å². The fourth-order valence-electron chi connectivity index (χ4n) is 2.96. The normalized spacial score (nSPS) is 17.8. The first-order valence-corrected chi connectivity index (χ1v) is 8.14. The molecule has 118 valence electrons. The third kappa shape index (κ3) is 3.28. The van der Waals surface area contributed by atoms with Gasteiger partial charge in [-0.3, -0.25) is 0 Å². The zero-order chi connectivity index (χ0) is 15.5. The minimum Gasteiger partial charge on any atom is -0.436 e. The molecule has 0 saturated carbocycles. The molecule has 2 aromatic carbocycles. The van der Waals surface area contributed by atoms with Gasteiger partial charge in [-0.15, -0.1) is 0 Å². The number of oxazole rings is 1. The molecule has 2 heterocycles. The fraction of sp³-hybridized carbons (Fsp3) is 0.316. The van der Waals surface area contributed by atoms with Crippen LogP contribution in [-0.4, -0.2) is 24.2 Å². The highest BCUT2D eigenvalue weighted by Gasteiger charge is 2.13. The zero-order valence-electron chi connectivity index (χ0n) is 13.0. The second kappa shape index (κ2) is 6.52.